The molecule has 1 aliphatic rings. The minimum Gasteiger partial charge on any atom is -0.380 e. The summed E-state index contributed by atoms with van der Waals surface area (Å²) >= 11 is 0. The Morgan fingerprint density at radius 3 is 2.85 bits per heavy atom. The van der Waals surface area contributed by atoms with Gasteiger partial charge in [0.25, 0.3) is 0 Å². The van der Waals surface area contributed by atoms with Gasteiger partial charge in [-0.25, -0.2) is 0 Å². The van der Waals surface area contributed by atoms with E-state index >= 15 is 0 Å². The zero-order valence-electron chi connectivity index (χ0n) is 9.01. The third-order valence-corrected chi connectivity index (χ3v) is 2.57. The van der Waals surface area contributed by atoms with E-state index in [1.807, 2.05) is 0 Å². The Morgan fingerprint density at radius 2 is 2.23 bits per heavy atom. The summed E-state index contributed by atoms with van der Waals surface area (Å²) in [5, 5.41) is 3.48. The van der Waals surface area contributed by atoms with Crippen LogP contribution in [-0.4, -0.2) is 25.8 Å². The Balaban J connectivity index is 1.92. The van der Waals surface area contributed by atoms with Crippen LogP contribution in [0.5, 0.6) is 0 Å². The molecule has 0 saturated carbocycles. The van der Waals surface area contributed by atoms with Gasteiger partial charge in [0.2, 0.25) is 0 Å². The van der Waals surface area contributed by atoms with Crippen molar-refractivity contribution in [3.63, 3.8) is 0 Å². The highest BCUT2D eigenvalue weighted by molar-refractivity contribution is 4.71. The number of rotatable bonds is 5. The topological polar surface area (TPSA) is 21.3 Å². The molecule has 0 aromatic carbocycles. The van der Waals surface area contributed by atoms with E-state index in [-0.39, 0.29) is 0 Å². The van der Waals surface area contributed by atoms with Gasteiger partial charge in [-0.3, -0.25) is 0 Å². The summed E-state index contributed by atoms with van der Waals surface area (Å²) in [4.78, 5) is 0. The minimum absolute atomic E-state index is 0.626. The monoisotopic (exact) mass is 185 g/mol. The lowest BCUT2D eigenvalue weighted by Crippen LogP contribution is -2.37. The van der Waals surface area contributed by atoms with Crippen molar-refractivity contribution in [2.24, 2.45) is 5.92 Å². The molecule has 1 fully saturated rings. The average Bonchev–Trinajstić information content (AvgIpc) is 2.14. The lowest BCUT2D eigenvalue weighted by Gasteiger charge is -2.23. The van der Waals surface area contributed by atoms with Crippen LogP contribution >= 0.6 is 0 Å². The van der Waals surface area contributed by atoms with Gasteiger partial charge in [-0.15, -0.1) is 0 Å². The smallest absolute Gasteiger partial charge is 0.0619 e. The van der Waals surface area contributed by atoms with Crippen molar-refractivity contribution in [2.75, 3.05) is 19.8 Å². The summed E-state index contributed by atoms with van der Waals surface area (Å²) < 4.78 is 5.62. The SMILES string of the molecule is CC(C)CCOCC1CCCCN1. The van der Waals surface area contributed by atoms with Gasteiger partial charge in [0, 0.05) is 12.6 Å². The second-order valence-electron chi connectivity index (χ2n) is 4.40. The molecule has 0 amide bonds. The van der Waals surface area contributed by atoms with E-state index in [9.17, 15) is 0 Å². The van der Waals surface area contributed by atoms with Gasteiger partial charge in [0.1, 0.15) is 0 Å². The highest BCUT2D eigenvalue weighted by Gasteiger charge is 2.11. The number of ether oxygens (including phenoxy) is 1. The summed E-state index contributed by atoms with van der Waals surface area (Å²) in [5.41, 5.74) is 0. The van der Waals surface area contributed by atoms with Crippen molar-refractivity contribution in [1.29, 1.82) is 0 Å². The number of hydrogen-bond donors (Lipinski definition) is 1. The van der Waals surface area contributed by atoms with Crippen LogP contribution in [0.4, 0.5) is 0 Å². The molecule has 0 radical (unpaired) electrons. The molecule has 0 aromatic rings. The zero-order valence-corrected chi connectivity index (χ0v) is 9.01. The van der Waals surface area contributed by atoms with Gasteiger partial charge in [-0.05, 0) is 31.7 Å². The van der Waals surface area contributed by atoms with Crippen LogP contribution < -0.4 is 5.32 Å². The fourth-order valence-electron chi connectivity index (χ4n) is 1.61. The van der Waals surface area contributed by atoms with Crippen LogP contribution in [0.1, 0.15) is 39.5 Å². The van der Waals surface area contributed by atoms with E-state index in [2.05, 4.69) is 19.2 Å². The molecule has 2 heteroatoms. The molecule has 1 heterocycles. The molecular weight excluding hydrogens is 162 g/mol. The molecule has 1 atom stereocenters. The lowest BCUT2D eigenvalue weighted by molar-refractivity contribution is 0.0949. The first-order chi connectivity index (χ1) is 6.29. The Hall–Kier alpha value is -0.0800. The molecule has 1 unspecified atom stereocenters. The Labute approximate surface area is 82.0 Å². The maximum absolute atomic E-state index is 5.62. The summed E-state index contributed by atoms with van der Waals surface area (Å²) in [6.07, 6.45) is 5.18. The quantitative estimate of drug-likeness (QED) is 0.663. The fourth-order valence-corrected chi connectivity index (χ4v) is 1.61. The van der Waals surface area contributed by atoms with Gasteiger partial charge in [-0.2, -0.15) is 0 Å². The highest BCUT2D eigenvalue weighted by atomic mass is 16.5. The van der Waals surface area contributed by atoms with Crippen molar-refractivity contribution >= 4 is 0 Å². The van der Waals surface area contributed by atoms with Gasteiger partial charge < -0.3 is 10.1 Å². The molecule has 0 aliphatic carbocycles. The van der Waals surface area contributed by atoms with Crippen LogP contribution in [0, 0.1) is 5.92 Å². The lowest BCUT2D eigenvalue weighted by atomic mass is 10.1. The van der Waals surface area contributed by atoms with Crippen LogP contribution in [0.2, 0.25) is 0 Å². The molecule has 78 valence electrons. The summed E-state index contributed by atoms with van der Waals surface area (Å²) in [6, 6.07) is 0.626. The number of piperidine rings is 1. The minimum atomic E-state index is 0.626. The maximum Gasteiger partial charge on any atom is 0.0619 e. The van der Waals surface area contributed by atoms with Crippen molar-refractivity contribution in [3.8, 4) is 0 Å². The fraction of sp³-hybridized carbons (Fsp3) is 1.00. The van der Waals surface area contributed by atoms with Crippen molar-refractivity contribution < 1.29 is 4.74 Å². The predicted molar refractivity (Wildman–Crippen MR) is 55.9 cm³/mol. The molecule has 0 bridgehead atoms. The van der Waals surface area contributed by atoms with Crippen molar-refractivity contribution in [1.82, 2.24) is 5.32 Å². The molecule has 0 aromatic heterocycles. The first-order valence-corrected chi connectivity index (χ1v) is 5.60. The van der Waals surface area contributed by atoms with Crippen LogP contribution in [-0.2, 0) is 4.74 Å². The zero-order chi connectivity index (χ0) is 9.52. The Bertz CT molecular complexity index is 119. The molecule has 1 saturated heterocycles. The molecule has 13 heavy (non-hydrogen) atoms. The highest BCUT2D eigenvalue weighted by Crippen LogP contribution is 2.07. The second kappa shape index (κ2) is 6.39. The first kappa shape index (κ1) is 11.0. The van der Waals surface area contributed by atoms with Gasteiger partial charge in [-0.1, -0.05) is 20.3 Å². The van der Waals surface area contributed by atoms with Crippen molar-refractivity contribution in [3.05, 3.63) is 0 Å². The van der Waals surface area contributed by atoms with Gasteiger partial charge >= 0.3 is 0 Å². The van der Waals surface area contributed by atoms with E-state index in [0.717, 1.165) is 19.1 Å². The largest absolute Gasteiger partial charge is 0.380 e. The molecule has 2 nitrogen and oxygen atoms in total. The summed E-state index contributed by atoms with van der Waals surface area (Å²) in [5.74, 6) is 0.763. The third kappa shape index (κ3) is 5.27. The van der Waals surface area contributed by atoms with E-state index in [1.54, 1.807) is 0 Å². The maximum atomic E-state index is 5.62. The molecule has 1 aliphatic heterocycles. The standard InChI is InChI=1S/C11H23NO/c1-10(2)6-8-13-9-11-5-3-4-7-12-11/h10-12H,3-9H2,1-2H3. The third-order valence-electron chi connectivity index (χ3n) is 2.57. The predicted octanol–water partition coefficient (Wildman–Crippen LogP) is 2.19. The molecule has 0 spiro atoms. The number of hydrogen-bond acceptors (Lipinski definition) is 2. The van der Waals surface area contributed by atoms with Crippen LogP contribution in [0.15, 0.2) is 0 Å². The van der Waals surface area contributed by atoms with E-state index < -0.39 is 0 Å². The number of nitrogens with one attached hydrogen (secondary N) is 1. The summed E-state index contributed by atoms with van der Waals surface area (Å²) in [7, 11) is 0. The Morgan fingerprint density at radius 1 is 1.38 bits per heavy atom. The van der Waals surface area contributed by atoms with Crippen LogP contribution in [0.25, 0.3) is 0 Å². The molecular formula is C11H23NO. The Kier molecular flexibility index (Phi) is 5.40. The summed E-state index contributed by atoms with van der Waals surface area (Å²) in [6.45, 7) is 7.49. The normalized spacial score (nSPS) is 23.8. The molecule has 1 N–H and O–H groups in total. The van der Waals surface area contributed by atoms with Crippen molar-refractivity contribution in [2.45, 2.75) is 45.6 Å². The van der Waals surface area contributed by atoms with E-state index in [4.69, 9.17) is 4.74 Å². The van der Waals surface area contributed by atoms with Crippen LogP contribution in [0.3, 0.4) is 0 Å². The van der Waals surface area contributed by atoms with Gasteiger partial charge in [0.15, 0.2) is 0 Å². The second-order valence-corrected chi connectivity index (χ2v) is 4.40. The average molecular weight is 185 g/mol. The van der Waals surface area contributed by atoms with Gasteiger partial charge in [0.05, 0.1) is 6.61 Å². The van der Waals surface area contributed by atoms with E-state index in [0.29, 0.717) is 6.04 Å². The first-order valence-electron chi connectivity index (χ1n) is 5.60. The molecule has 1 rings (SSSR count). The van der Waals surface area contributed by atoms with E-state index in [1.165, 1.54) is 32.2 Å².